The number of hydrogen-bond acceptors (Lipinski definition) is 3. The summed E-state index contributed by atoms with van der Waals surface area (Å²) in [5, 5.41) is 0.595. The molecule has 0 radical (unpaired) electrons. The number of hydrogen-bond donors (Lipinski definition) is 0. The molecule has 0 aliphatic heterocycles. The second kappa shape index (κ2) is 6.98. The first-order valence-electron chi connectivity index (χ1n) is 7.08. The van der Waals surface area contributed by atoms with Crippen molar-refractivity contribution in [2.75, 3.05) is 14.2 Å². The molecule has 0 aromatic heterocycles. The summed E-state index contributed by atoms with van der Waals surface area (Å²) in [5.41, 5.74) is 1.10. The first-order chi connectivity index (χ1) is 9.67. The Balaban J connectivity index is 2.30. The highest BCUT2D eigenvalue weighted by Crippen LogP contribution is 2.39. The zero-order chi connectivity index (χ0) is 14.5. The molecule has 0 heterocycles. The van der Waals surface area contributed by atoms with Crippen LogP contribution in [0.5, 0.6) is 5.75 Å². The van der Waals surface area contributed by atoms with Gasteiger partial charge in [0, 0.05) is 0 Å². The standard InChI is InChI=1S/C16H21ClO3/c1-19-15-9-8-11(10-14(15)17)12-6-4-3-5-7-13(12)16(18)20-2/h8-10,12-13H,3-7H2,1-2H3. The largest absolute Gasteiger partial charge is 0.495 e. The summed E-state index contributed by atoms with van der Waals surface area (Å²) in [6, 6.07) is 5.81. The summed E-state index contributed by atoms with van der Waals surface area (Å²) in [5.74, 6) is 0.683. The van der Waals surface area contributed by atoms with E-state index in [-0.39, 0.29) is 17.8 Å². The third-order valence-electron chi connectivity index (χ3n) is 4.12. The lowest BCUT2D eigenvalue weighted by Gasteiger charge is -2.23. The van der Waals surface area contributed by atoms with Gasteiger partial charge in [-0.2, -0.15) is 0 Å². The van der Waals surface area contributed by atoms with Crippen molar-refractivity contribution in [2.45, 2.75) is 38.0 Å². The Morgan fingerprint density at radius 2 is 1.95 bits per heavy atom. The van der Waals surface area contributed by atoms with E-state index in [2.05, 4.69) is 0 Å². The summed E-state index contributed by atoms with van der Waals surface area (Å²) in [4.78, 5) is 12.0. The van der Waals surface area contributed by atoms with Gasteiger partial charge in [0.05, 0.1) is 25.2 Å². The SMILES string of the molecule is COC(=O)C1CCCCCC1c1ccc(OC)c(Cl)c1. The molecular formula is C16H21ClO3. The smallest absolute Gasteiger partial charge is 0.309 e. The summed E-state index contributed by atoms with van der Waals surface area (Å²) in [6.45, 7) is 0. The van der Waals surface area contributed by atoms with E-state index < -0.39 is 0 Å². The molecule has 1 aliphatic carbocycles. The van der Waals surface area contributed by atoms with Crippen LogP contribution >= 0.6 is 11.6 Å². The average Bonchev–Trinajstić information content (AvgIpc) is 2.72. The predicted molar refractivity (Wildman–Crippen MR) is 79.3 cm³/mol. The van der Waals surface area contributed by atoms with E-state index in [1.54, 1.807) is 7.11 Å². The molecular weight excluding hydrogens is 276 g/mol. The molecule has 110 valence electrons. The van der Waals surface area contributed by atoms with E-state index in [1.165, 1.54) is 13.5 Å². The number of benzene rings is 1. The fraction of sp³-hybridized carbons (Fsp3) is 0.562. The molecule has 1 aliphatic rings. The molecule has 0 saturated heterocycles. The summed E-state index contributed by atoms with van der Waals surface area (Å²) < 4.78 is 10.2. The van der Waals surface area contributed by atoms with Crippen LogP contribution in [0.3, 0.4) is 0 Å². The van der Waals surface area contributed by atoms with E-state index in [4.69, 9.17) is 21.1 Å². The fourth-order valence-corrected chi connectivity index (χ4v) is 3.32. The average molecular weight is 297 g/mol. The minimum Gasteiger partial charge on any atom is -0.495 e. The maximum Gasteiger partial charge on any atom is 0.309 e. The molecule has 0 bridgehead atoms. The lowest BCUT2D eigenvalue weighted by atomic mass is 9.82. The molecule has 2 atom stereocenters. The first kappa shape index (κ1) is 15.2. The second-order valence-electron chi connectivity index (χ2n) is 5.27. The molecule has 1 aromatic rings. The topological polar surface area (TPSA) is 35.5 Å². The molecule has 0 N–H and O–H groups in total. The number of carbonyl (C=O) groups excluding carboxylic acids is 1. The van der Waals surface area contributed by atoms with Gasteiger partial charge in [-0.15, -0.1) is 0 Å². The molecule has 1 fully saturated rings. The molecule has 1 aromatic carbocycles. The number of halogens is 1. The van der Waals surface area contributed by atoms with Crippen molar-refractivity contribution in [3.8, 4) is 5.75 Å². The van der Waals surface area contributed by atoms with Gasteiger partial charge in [-0.3, -0.25) is 4.79 Å². The summed E-state index contributed by atoms with van der Waals surface area (Å²) in [7, 11) is 3.06. The van der Waals surface area contributed by atoms with E-state index in [1.807, 2.05) is 18.2 Å². The third kappa shape index (κ3) is 3.26. The predicted octanol–water partition coefficient (Wildman–Crippen LogP) is 4.19. The van der Waals surface area contributed by atoms with E-state index in [9.17, 15) is 4.79 Å². The molecule has 0 amide bonds. The number of rotatable bonds is 3. The molecule has 0 spiro atoms. The van der Waals surface area contributed by atoms with Crippen LogP contribution in [-0.2, 0) is 9.53 Å². The van der Waals surface area contributed by atoms with Gasteiger partial charge in [0.2, 0.25) is 0 Å². The Bertz CT molecular complexity index is 473. The molecule has 2 unspecified atom stereocenters. The first-order valence-corrected chi connectivity index (χ1v) is 7.46. The van der Waals surface area contributed by atoms with Crippen molar-refractivity contribution >= 4 is 17.6 Å². The van der Waals surface area contributed by atoms with E-state index >= 15 is 0 Å². The molecule has 1 saturated carbocycles. The Morgan fingerprint density at radius 3 is 2.60 bits per heavy atom. The number of carbonyl (C=O) groups is 1. The monoisotopic (exact) mass is 296 g/mol. The van der Waals surface area contributed by atoms with Crippen LogP contribution in [0, 0.1) is 5.92 Å². The summed E-state index contributed by atoms with van der Waals surface area (Å²) in [6.07, 6.45) is 5.29. The van der Waals surface area contributed by atoms with Gasteiger partial charge >= 0.3 is 5.97 Å². The van der Waals surface area contributed by atoms with Crippen LogP contribution < -0.4 is 4.74 Å². The highest BCUT2D eigenvalue weighted by atomic mass is 35.5. The fourth-order valence-electron chi connectivity index (χ4n) is 3.05. The summed E-state index contributed by atoms with van der Waals surface area (Å²) >= 11 is 6.21. The van der Waals surface area contributed by atoms with Gasteiger partial charge in [0.25, 0.3) is 0 Å². The van der Waals surface area contributed by atoms with E-state index in [0.717, 1.165) is 31.2 Å². The van der Waals surface area contributed by atoms with Crippen molar-refractivity contribution in [3.05, 3.63) is 28.8 Å². The zero-order valence-corrected chi connectivity index (χ0v) is 12.8. The van der Waals surface area contributed by atoms with Crippen LogP contribution in [0.4, 0.5) is 0 Å². The normalized spacial score (nSPS) is 22.9. The minimum absolute atomic E-state index is 0.0630. The maximum atomic E-state index is 12.0. The van der Waals surface area contributed by atoms with Crippen LogP contribution in [0.15, 0.2) is 18.2 Å². The lowest BCUT2D eigenvalue weighted by molar-refractivity contribution is -0.146. The quantitative estimate of drug-likeness (QED) is 0.620. The van der Waals surface area contributed by atoms with Crippen LogP contribution in [0.25, 0.3) is 0 Å². The Labute approximate surface area is 125 Å². The maximum absolute atomic E-state index is 12.0. The van der Waals surface area contributed by atoms with Crippen molar-refractivity contribution in [1.82, 2.24) is 0 Å². The molecule has 2 rings (SSSR count). The van der Waals surface area contributed by atoms with Gasteiger partial charge in [-0.05, 0) is 36.5 Å². The van der Waals surface area contributed by atoms with Gasteiger partial charge in [-0.25, -0.2) is 0 Å². The van der Waals surface area contributed by atoms with Crippen molar-refractivity contribution in [2.24, 2.45) is 5.92 Å². The van der Waals surface area contributed by atoms with Crippen LogP contribution in [-0.4, -0.2) is 20.2 Å². The third-order valence-corrected chi connectivity index (χ3v) is 4.42. The van der Waals surface area contributed by atoms with Crippen molar-refractivity contribution in [1.29, 1.82) is 0 Å². The van der Waals surface area contributed by atoms with Gasteiger partial charge in [-0.1, -0.05) is 36.9 Å². The van der Waals surface area contributed by atoms with Crippen LogP contribution in [0.1, 0.15) is 43.6 Å². The highest BCUT2D eigenvalue weighted by molar-refractivity contribution is 6.32. The number of esters is 1. The Kier molecular flexibility index (Phi) is 5.30. The van der Waals surface area contributed by atoms with Crippen LogP contribution in [0.2, 0.25) is 5.02 Å². The lowest BCUT2D eigenvalue weighted by Crippen LogP contribution is -2.23. The zero-order valence-electron chi connectivity index (χ0n) is 12.0. The Hall–Kier alpha value is -1.22. The van der Waals surface area contributed by atoms with Gasteiger partial charge in [0.15, 0.2) is 0 Å². The molecule has 20 heavy (non-hydrogen) atoms. The Morgan fingerprint density at radius 1 is 1.20 bits per heavy atom. The number of methoxy groups -OCH3 is 2. The van der Waals surface area contributed by atoms with Gasteiger partial charge < -0.3 is 9.47 Å². The second-order valence-corrected chi connectivity index (χ2v) is 5.68. The van der Waals surface area contributed by atoms with E-state index in [0.29, 0.717) is 10.8 Å². The van der Waals surface area contributed by atoms with Crippen molar-refractivity contribution in [3.63, 3.8) is 0 Å². The number of ether oxygens (including phenoxy) is 2. The van der Waals surface area contributed by atoms with Crippen molar-refractivity contribution < 1.29 is 14.3 Å². The molecule has 4 heteroatoms. The highest BCUT2D eigenvalue weighted by Gasteiger charge is 2.31. The minimum atomic E-state index is -0.108. The van der Waals surface area contributed by atoms with Gasteiger partial charge in [0.1, 0.15) is 5.75 Å². The molecule has 3 nitrogen and oxygen atoms in total.